The van der Waals surface area contributed by atoms with Crippen molar-refractivity contribution in [2.24, 2.45) is 0 Å². The van der Waals surface area contributed by atoms with E-state index < -0.39 is 0 Å². The minimum Gasteiger partial charge on any atom is -0.375 e. The van der Waals surface area contributed by atoms with Crippen LogP contribution in [-0.4, -0.2) is 48.8 Å². The molecule has 0 saturated carbocycles. The molecule has 2 rings (SSSR count). The number of nitrogens with one attached hydrogen (secondary N) is 1. The Kier molecular flexibility index (Phi) is 4.83. The van der Waals surface area contributed by atoms with E-state index in [1.165, 1.54) is 45.3 Å². The SMILES string of the molecule is CCN(CC1CCCN1)C1CC(C)OC(C)C1. The summed E-state index contributed by atoms with van der Waals surface area (Å²) in [5, 5.41) is 3.61. The van der Waals surface area contributed by atoms with Gasteiger partial charge in [0.05, 0.1) is 12.2 Å². The maximum atomic E-state index is 5.84. The molecule has 0 aliphatic carbocycles. The molecule has 17 heavy (non-hydrogen) atoms. The van der Waals surface area contributed by atoms with Crippen LogP contribution in [0.4, 0.5) is 0 Å². The third kappa shape index (κ3) is 3.67. The van der Waals surface area contributed by atoms with Gasteiger partial charge in [-0.25, -0.2) is 0 Å². The lowest BCUT2D eigenvalue weighted by Gasteiger charge is -2.40. The van der Waals surface area contributed by atoms with E-state index in [4.69, 9.17) is 4.74 Å². The second-order valence-corrected chi connectivity index (χ2v) is 5.76. The zero-order chi connectivity index (χ0) is 12.3. The van der Waals surface area contributed by atoms with Gasteiger partial charge in [-0.2, -0.15) is 0 Å². The molecular formula is C14H28N2O. The highest BCUT2D eigenvalue weighted by molar-refractivity contribution is 4.85. The van der Waals surface area contributed by atoms with Gasteiger partial charge in [0.25, 0.3) is 0 Å². The van der Waals surface area contributed by atoms with Crippen molar-refractivity contribution < 1.29 is 4.74 Å². The largest absolute Gasteiger partial charge is 0.375 e. The zero-order valence-corrected chi connectivity index (χ0v) is 11.6. The van der Waals surface area contributed by atoms with Crippen molar-refractivity contribution in [3.63, 3.8) is 0 Å². The fourth-order valence-corrected chi connectivity index (χ4v) is 3.40. The molecule has 3 unspecified atom stereocenters. The summed E-state index contributed by atoms with van der Waals surface area (Å²) < 4.78 is 5.84. The average Bonchev–Trinajstić information content (AvgIpc) is 2.77. The number of hydrogen-bond donors (Lipinski definition) is 1. The van der Waals surface area contributed by atoms with E-state index in [-0.39, 0.29) is 0 Å². The maximum absolute atomic E-state index is 5.84. The summed E-state index contributed by atoms with van der Waals surface area (Å²) in [5.74, 6) is 0. The summed E-state index contributed by atoms with van der Waals surface area (Å²) >= 11 is 0. The molecule has 3 nitrogen and oxygen atoms in total. The van der Waals surface area contributed by atoms with Gasteiger partial charge in [-0.05, 0) is 52.6 Å². The monoisotopic (exact) mass is 240 g/mol. The molecule has 0 spiro atoms. The van der Waals surface area contributed by atoms with E-state index in [9.17, 15) is 0 Å². The number of likely N-dealkylation sites (N-methyl/N-ethyl adjacent to an activating group) is 1. The normalized spacial score (nSPS) is 38.8. The molecule has 2 saturated heterocycles. The Morgan fingerprint density at radius 1 is 1.24 bits per heavy atom. The standard InChI is InChI=1S/C14H28N2O/c1-4-16(10-13-6-5-7-15-13)14-8-11(2)17-12(3)9-14/h11-15H,4-10H2,1-3H3. The molecule has 1 N–H and O–H groups in total. The molecule has 0 amide bonds. The van der Waals surface area contributed by atoms with Gasteiger partial charge in [0.1, 0.15) is 0 Å². The topological polar surface area (TPSA) is 24.5 Å². The highest BCUT2D eigenvalue weighted by Gasteiger charge is 2.29. The summed E-state index contributed by atoms with van der Waals surface area (Å²) in [5.41, 5.74) is 0. The molecular weight excluding hydrogens is 212 g/mol. The van der Waals surface area contributed by atoms with Crippen molar-refractivity contribution in [2.45, 2.75) is 70.7 Å². The molecule has 0 aromatic rings. The van der Waals surface area contributed by atoms with E-state index in [0.717, 1.165) is 12.1 Å². The first-order chi connectivity index (χ1) is 8.19. The van der Waals surface area contributed by atoms with Crippen LogP contribution in [0.25, 0.3) is 0 Å². The van der Waals surface area contributed by atoms with Gasteiger partial charge in [-0.1, -0.05) is 6.92 Å². The first-order valence-electron chi connectivity index (χ1n) is 7.32. The van der Waals surface area contributed by atoms with Crippen LogP contribution in [-0.2, 0) is 4.74 Å². The molecule has 100 valence electrons. The number of ether oxygens (including phenoxy) is 1. The Balaban J connectivity index is 1.87. The third-order valence-corrected chi connectivity index (χ3v) is 4.21. The van der Waals surface area contributed by atoms with Crippen LogP contribution in [0.3, 0.4) is 0 Å². The van der Waals surface area contributed by atoms with Crippen LogP contribution in [0.1, 0.15) is 46.5 Å². The summed E-state index contributed by atoms with van der Waals surface area (Å²) in [4.78, 5) is 2.67. The van der Waals surface area contributed by atoms with Crippen molar-refractivity contribution in [1.29, 1.82) is 0 Å². The van der Waals surface area contributed by atoms with Gasteiger partial charge in [-0.3, -0.25) is 4.90 Å². The molecule has 0 radical (unpaired) electrons. The van der Waals surface area contributed by atoms with Crippen LogP contribution < -0.4 is 5.32 Å². The molecule has 0 aromatic carbocycles. The molecule has 0 bridgehead atoms. The number of nitrogens with zero attached hydrogens (tertiary/aromatic N) is 1. The summed E-state index contributed by atoms with van der Waals surface area (Å²) in [6.07, 6.45) is 5.95. The second-order valence-electron chi connectivity index (χ2n) is 5.76. The minimum atomic E-state index is 0.425. The summed E-state index contributed by atoms with van der Waals surface area (Å²) in [6, 6.07) is 1.45. The Morgan fingerprint density at radius 2 is 1.94 bits per heavy atom. The van der Waals surface area contributed by atoms with Gasteiger partial charge in [-0.15, -0.1) is 0 Å². The molecule has 2 aliphatic rings. The first-order valence-corrected chi connectivity index (χ1v) is 7.32. The lowest BCUT2D eigenvalue weighted by molar-refractivity contribution is -0.0653. The van der Waals surface area contributed by atoms with E-state index in [0.29, 0.717) is 12.2 Å². The smallest absolute Gasteiger partial charge is 0.0565 e. The van der Waals surface area contributed by atoms with Crippen LogP contribution in [0.5, 0.6) is 0 Å². The van der Waals surface area contributed by atoms with Crippen LogP contribution in [0.15, 0.2) is 0 Å². The number of rotatable bonds is 4. The molecule has 3 heteroatoms. The highest BCUT2D eigenvalue weighted by Crippen LogP contribution is 2.24. The van der Waals surface area contributed by atoms with E-state index >= 15 is 0 Å². The molecule has 2 aliphatic heterocycles. The zero-order valence-electron chi connectivity index (χ0n) is 11.6. The predicted octanol–water partition coefficient (Wildman–Crippen LogP) is 2.02. The summed E-state index contributed by atoms with van der Waals surface area (Å²) in [6.45, 7) is 10.3. The average molecular weight is 240 g/mol. The Bertz CT molecular complexity index is 218. The fraction of sp³-hybridized carbons (Fsp3) is 1.00. The van der Waals surface area contributed by atoms with Crippen molar-refractivity contribution >= 4 is 0 Å². The molecule has 2 heterocycles. The predicted molar refractivity (Wildman–Crippen MR) is 71.3 cm³/mol. The molecule has 0 aromatic heterocycles. The Morgan fingerprint density at radius 3 is 2.47 bits per heavy atom. The third-order valence-electron chi connectivity index (χ3n) is 4.21. The van der Waals surface area contributed by atoms with Gasteiger partial charge >= 0.3 is 0 Å². The van der Waals surface area contributed by atoms with Crippen molar-refractivity contribution in [2.75, 3.05) is 19.6 Å². The molecule has 3 atom stereocenters. The van der Waals surface area contributed by atoms with E-state index in [2.05, 4.69) is 31.0 Å². The van der Waals surface area contributed by atoms with Gasteiger partial charge in [0, 0.05) is 18.6 Å². The number of hydrogen-bond acceptors (Lipinski definition) is 3. The summed E-state index contributed by atoms with van der Waals surface area (Å²) in [7, 11) is 0. The van der Waals surface area contributed by atoms with Crippen LogP contribution in [0.2, 0.25) is 0 Å². The van der Waals surface area contributed by atoms with Gasteiger partial charge < -0.3 is 10.1 Å². The highest BCUT2D eigenvalue weighted by atomic mass is 16.5. The maximum Gasteiger partial charge on any atom is 0.0565 e. The van der Waals surface area contributed by atoms with Crippen molar-refractivity contribution in [3.8, 4) is 0 Å². The first kappa shape index (κ1) is 13.3. The molecule has 2 fully saturated rings. The van der Waals surface area contributed by atoms with Crippen LogP contribution >= 0.6 is 0 Å². The van der Waals surface area contributed by atoms with Gasteiger partial charge in [0.15, 0.2) is 0 Å². The van der Waals surface area contributed by atoms with E-state index in [1.807, 2.05) is 0 Å². The Hall–Kier alpha value is -0.120. The minimum absolute atomic E-state index is 0.425. The quantitative estimate of drug-likeness (QED) is 0.813. The van der Waals surface area contributed by atoms with Crippen LogP contribution in [0, 0.1) is 0 Å². The Labute approximate surface area is 106 Å². The fourth-order valence-electron chi connectivity index (χ4n) is 3.40. The lowest BCUT2D eigenvalue weighted by Crippen LogP contribution is -2.48. The lowest BCUT2D eigenvalue weighted by atomic mass is 9.97. The van der Waals surface area contributed by atoms with Crippen molar-refractivity contribution in [1.82, 2.24) is 10.2 Å². The van der Waals surface area contributed by atoms with Crippen molar-refractivity contribution in [3.05, 3.63) is 0 Å². The van der Waals surface area contributed by atoms with E-state index in [1.54, 1.807) is 0 Å². The second kappa shape index (κ2) is 6.17. The van der Waals surface area contributed by atoms with Gasteiger partial charge in [0.2, 0.25) is 0 Å².